The predicted molar refractivity (Wildman–Crippen MR) is 74.6 cm³/mol. The summed E-state index contributed by atoms with van der Waals surface area (Å²) in [7, 11) is -3.27. The van der Waals surface area contributed by atoms with Crippen molar-refractivity contribution in [2.45, 2.75) is 48.4 Å². The highest BCUT2D eigenvalue weighted by atomic mass is 32.2. The Labute approximate surface area is 131 Å². The highest BCUT2D eigenvalue weighted by molar-refractivity contribution is 7.89. The molecule has 0 bridgehead atoms. The Balaban J connectivity index is 2.40. The lowest BCUT2D eigenvalue weighted by Crippen LogP contribution is -2.62. The second-order valence-corrected chi connectivity index (χ2v) is 7.66. The first kappa shape index (κ1) is 18.2. The van der Waals surface area contributed by atoms with Gasteiger partial charge >= 0.3 is 6.18 Å². The zero-order chi connectivity index (χ0) is 17.5. The highest BCUT2D eigenvalue weighted by Gasteiger charge is 2.61. The summed E-state index contributed by atoms with van der Waals surface area (Å²) in [6.07, 6.45) is -5.05. The third-order valence-corrected chi connectivity index (χ3v) is 6.14. The molecule has 0 radical (unpaired) electrons. The van der Waals surface area contributed by atoms with Gasteiger partial charge in [0.15, 0.2) is 5.60 Å². The predicted octanol–water partition coefficient (Wildman–Crippen LogP) is 2.68. The van der Waals surface area contributed by atoms with E-state index in [9.17, 15) is 31.1 Å². The van der Waals surface area contributed by atoms with Gasteiger partial charge in [0.2, 0.25) is 10.0 Å². The summed E-state index contributed by atoms with van der Waals surface area (Å²) < 4.78 is 78.2. The molecular weight excluding hydrogens is 338 g/mol. The molecule has 1 aromatic rings. The number of halogens is 4. The zero-order valence-electron chi connectivity index (χ0n) is 12.3. The summed E-state index contributed by atoms with van der Waals surface area (Å²) in [6.45, 7) is 0. The second-order valence-electron chi connectivity index (χ2n) is 5.66. The van der Waals surface area contributed by atoms with Crippen LogP contribution < -0.4 is 0 Å². The summed E-state index contributed by atoms with van der Waals surface area (Å²) in [6, 6.07) is 2.17. The van der Waals surface area contributed by atoms with E-state index in [1.807, 2.05) is 0 Å². The lowest BCUT2D eigenvalue weighted by Gasteiger charge is -2.44. The third kappa shape index (κ3) is 3.22. The molecule has 1 N–H and O–H groups in total. The average Bonchev–Trinajstić information content (AvgIpc) is 2.46. The number of aliphatic hydroxyl groups is 1. The van der Waals surface area contributed by atoms with E-state index in [0.717, 1.165) is 31.3 Å². The van der Waals surface area contributed by atoms with Crippen LogP contribution in [0.5, 0.6) is 0 Å². The van der Waals surface area contributed by atoms with Crippen molar-refractivity contribution < 1.29 is 31.1 Å². The molecule has 0 amide bonds. The third-order valence-electron chi connectivity index (χ3n) is 4.26. The first-order valence-electron chi connectivity index (χ1n) is 7.03. The molecule has 4 nitrogen and oxygen atoms in total. The van der Waals surface area contributed by atoms with Crippen molar-refractivity contribution in [3.63, 3.8) is 0 Å². The van der Waals surface area contributed by atoms with Crippen LogP contribution in [-0.2, 0) is 10.0 Å². The van der Waals surface area contributed by atoms with Crippen molar-refractivity contribution in [3.8, 4) is 0 Å². The lowest BCUT2D eigenvalue weighted by molar-refractivity contribution is -0.284. The molecule has 0 aromatic heterocycles. The first-order valence-corrected chi connectivity index (χ1v) is 8.47. The molecule has 0 heterocycles. The molecule has 1 aliphatic rings. The van der Waals surface area contributed by atoms with Gasteiger partial charge in [0.1, 0.15) is 5.82 Å². The number of hydrogen-bond acceptors (Lipinski definition) is 3. The average molecular weight is 355 g/mol. The number of benzene rings is 1. The fraction of sp³-hybridized carbons (Fsp3) is 0.571. The van der Waals surface area contributed by atoms with Crippen LogP contribution in [0.25, 0.3) is 0 Å². The lowest BCUT2D eigenvalue weighted by atomic mass is 9.80. The van der Waals surface area contributed by atoms with Crippen molar-refractivity contribution in [2.75, 3.05) is 7.05 Å². The summed E-state index contributed by atoms with van der Waals surface area (Å²) >= 11 is 0. The Hall–Kier alpha value is -1.19. The van der Waals surface area contributed by atoms with Crippen LogP contribution in [0.15, 0.2) is 29.2 Å². The largest absolute Gasteiger partial charge is 0.418 e. The number of nitrogens with zero attached hydrogens (tertiary/aromatic N) is 1. The summed E-state index contributed by atoms with van der Waals surface area (Å²) in [4.78, 5) is -0.323. The molecule has 9 heteroatoms. The van der Waals surface area contributed by atoms with Gasteiger partial charge < -0.3 is 5.11 Å². The van der Waals surface area contributed by atoms with E-state index in [4.69, 9.17) is 0 Å². The second kappa shape index (κ2) is 6.03. The smallest absolute Gasteiger partial charge is 0.379 e. The Bertz CT molecular complexity index is 660. The van der Waals surface area contributed by atoms with Gasteiger partial charge in [0.05, 0.1) is 10.9 Å². The summed E-state index contributed by atoms with van der Waals surface area (Å²) in [5, 5.41) is 10.1. The van der Waals surface area contributed by atoms with Crippen LogP contribution in [-0.4, -0.2) is 42.7 Å². The van der Waals surface area contributed by atoms with Crippen LogP contribution in [0.4, 0.5) is 17.6 Å². The molecule has 0 aliphatic heterocycles. The molecule has 0 saturated heterocycles. The number of likely N-dealkylation sites (N-methyl/N-ethyl adjacent to an activating group) is 1. The number of rotatable bonds is 3. The fourth-order valence-electron chi connectivity index (χ4n) is 2.89. The van der Waals surface area contributed by atoms with E-state index >= 15 is 0 Å². The maximum atomic E-state index is 13.3. The highest BCUT2D eigenvalue weighted by Crippen LogP contribution is 2.44. The van der Waals surface area contributed by atoms with Gasteiger partial charge in [-0.25, -0.2) is 12.8 Å². The van der Waals surface area contributed by atoms with Gasteiger partial charge in [-0.3, -0.25) is 0 Å². The molecule has 0 spiro atoms. The molecule has 23 heavy (non-hydrogen) atoms. The van der Waals surface area contributed by atoms with E-state index in [-0.39, 0.29) is 17.7 Å². The zero-order valence-corrected chi connectivity index (χ0v) is 13.2. The molecule has 2 rings (SSSR count). The Kier molecular flexibility index (Phi) is 4.76. The fourth-order valence-corrected chi connectivity index (χ4v) is 4.32. The van der Waals surface area contributed by atoms with Crippen LogP contribution in [0, 0.1) is 5.82 Å². The van der Waals surface area contributed by atoms with Crippen LogP contribution in [0.1, 0.15) is 25.7 Å². The monoisotopic (exact) mass is 355 g/mol. The maximum absolute atomic E-state index is 13.3. The standard InChI is InChI=1S/C14H17F4NO3S/c1-19(23(21,22)11-7-5-10(15)6-8-11)12-4-2-3-9-13(12,20)14(16,17)18/h5-8,12,20H,2-4,9H2,1H3/t12-,13-/m1/s1. The molecule has 1 saturated carbocycles. The SMILES string of the molecule is CN([C@@H]1CCCC[C@]1(O)C(F)(F)F)S(=O)(=O)c1ccc(F)cc1. The van der Waals surface area contributed by atoms with Crippen LogP contribution >= 0.6 is 0 Å². The Morgan fingerprint density at radius 1 is 1.22 bits per heavy atom. The van der Waals surface area contributed by atoms with E-state index < -0.39 is 40.1 Å². The summed E-state index contributed by atoms with van der Waals surface area (Å²) in [5.74, 6) is -0.656. The van der Waals surface area contributed by atoms with E-state index in [1.54, 1.807) is 0 Å². The van der Waals surface area contributed by atoms with Gasteiger partial charge in [0.25, 0.3) is 0 Å². The van der Waals surface area contributed by atoms with Crippen molar-refractivity contribution in [1.82, 2.24) is 4.31 Å². The maximum Gasteiger partial charge on any atom is 0.418 e. The van der Waals surface area contributed by atoms with Gasteiger partial charge in [-0.05, 0) is 37.1 Å². The van der Waals surface area contributed by atoms with Gasteiger partial charge in [-0.15, -0.1) is 0 Å². The normalized spacial score (nSPS) is 26.5. The van der Waals surface area contributed by atoms with Crippen molar-refractivity contribution >= 4 is 10.0 Å². The minimum absolute atomic E-state index is 0.104. The first-order chi connectivity index (χ1) is 10.5. The minimum atomic E-state index is -4.94. The van der Waals surface area contributed by atoms with E-state index in [2.05, 4.69) is 0 Å². The van der Waals surface area contributed by atoms with Crippen LogP contribution in [0.2, 0.25) is 0 Å². The molecular formula is C14H17F4NO3S. The number of alkyl halides is 3. The van der Waals surface area contributed by atoms with Crippen molar-refractivity contribution in [1.29, 1.82) is 0 Å². The van der Waals surface area contributed by atoms with Gasteiger partial charge in [0, 0.05) is 7.05 Å². The van der Waals surface area contributed by atoms with Gasteiger partial charge in [-0.2, -0.15) is 17.5 Å². The molecule has 1 aliphatic carbocycles. The Morgan fingerprint density at radius 3 is 2.30 bits per heavy atom. The Morgan fingerprint density at radius 2 is 1.78 bits per heavy atom. The van der Waals surface area contributed by atoms with E-state index in [0.29, 0.717) is 10.7 Å². The molecule has 2 atom stereocenters. The van der Waals surface area contributed by atoms with Crippen molar-refractivity contribution in [3.05, 3.63) is 30.1 Å². The quantitative estimate of drug-likeness (QED) is 0.848. The number of sulfonamides is 1. The molecule has 130 valence electrons. The van der Waals surface area contributed by atoms with E-state index in [1.165, 1.54) is 0 Å². The number of hydrogen-bond donors (Lipinski definition) is 1. The van der Waals surface area contributed by atoms with Crippen molar-refractivity contribution in [2.24, 2.45) is 0 Å². The topological polar surface area (TPSA) is 57.6 Å². The molecule has 1 fully saturated rings. The molecule has 0 unspecified atom stereocenters. The summed E-state index contributed by atoms with van der Waals surface area (Å²) in [5.41, 5.74) is -3.09. The van der Waals surface area contributed by atoms with Gasteiger partial charge in [-0.1, -0.05) is 12.8 Å². The molecule has 1 aromatic carbocycles. The minimum Gasteiger partial charge on any atom is -0.379 e. The van der Waals surface area contributed by atoms with Crippen LogP contribution in [0.3, 0.4) is 0 Å².